The number of carbonyl (C=O) groups is 1. The second kappa shape index (κ2) is 9.11. The number of rotatable bonds is 6. The van der Waals surface area contributed by atoms with Crippen molar-refractivity contribution in [2.75, 3.05) is 23.8 Å². The van der Waals surface area contributed by atoms with E-state index in [1.54, 1.807) is 24.4 Å². The fourth-order valence-electron chi connectivity index (χ4n) is 4.06. The van der Waals surface area contributed by atoms with Crippen LogP contribution in [-0.2, 0) is 16.6 Å². The molecule has 0 spiro atoms. The summed E-state index contributed by atoms with van der Waals surface area (Å²) >= 11 is 0. The number of fused-ring (bicyclic) bond motifs is 1. The number of hydrogen-bond acceptors (Lipinski definition) is 6. The zero-order chi connectivity index (χ0) is 23.7. The zero-order valence-electron chi connectivity index (χ0n) is 18.8. The molecule has 1 fully saturated rings. The number of aromatic nitrogens is 3. The summed E-state index contributed by atoms with van der Waals surface area (Å²) in [5, 5.41) is 5.94. The molecule has 1 unspecified atom stereocenters. The quantitative estimate of drug-likeness (QED) is 0.415. The molecule has 0 aliphatic carbocycles. The number of anilines is 3. The molecule has 0 bridgehead atoms. The molecule has 3 heterocycles. The van der Waals surface area contributed by atoms with Gasteiger partial charge in [-0.3, -0.25) is 4.79 Å². The molecule has 1 aliphatic heterocycles. The molecule has 2 aromatic heterocycles. The van der Waals surface area contributed by atoms with E-state index < -0.39 is 0 Å². The summed E-state index contributed by atoms with van der Waals surface area (Å²) in [5.74, 6) is 1.84. The maximum atomic E-state index is 14.4. The molecule has 1 amide bonds. The average molecular weight is 461 g/mol. The van der Waals surface area contributed by atoms with Gasteiger partial charge < -0.3 is 24.7 Å². The Balaban J connectivity index is 1.38. The van der Waals surface area contributed by atoms with Crippen LogP contribution >= 0.6 is 0 Å². The summed E-state index contributed by atoms with van der Waals surface area (Å²) < 4.78 is 27.7. The van der Waals surface area contributed by atoms with Gasteiger partial charge in [-0.2, -0.15) is 0 Å². The van der Waals surface area contributed by atoms with Crippen LogP contribution in [0.15, 0.2) is 54.7 Å². The van der Waals surface area contributed by atoms with Crippen molar-refractivity contribution in [2.45, 2.75) is 19.3 Å². The molecule has 0 saturated carbocycles. The molecule has 1 atom stereocenters. The highest BCUT2D eigenvalue weighted by Crippen LogP contribution is 2.32. The number of ether oxygens (including phenoxy) is 2. The van der Waals surface area contributed by atoms with E-state index in [2.05, 4.69) is 15.6 Å². The smallest absolute Gasteiger partial charge is 0.222 e. The van der Waals surface area contributed by atoms with Crippen molar-refractivity contribution in [1.29, 1.82) is 0 Å². The molecule has 4 aromatic rings. The molecule has 8 nitrogen and oxygen atoms in total. The van der Waals surface area contributed by atoms with Gasteiger partial charge in [-0.25, -0.2) is 14.4 Å². The van der Waals surface area contributed by atoms with Crippen molar-refractivity contribution in [3.8, 4) is 11.5 Å². The first kappa shape index (κ1) is 21.8. The topological polar surface area (TPSA) is 90.3 Å². The zero-order valence-corrected chi connectivity index (χ0v) is 18.8. The average Bonchev–Trinajstić information content (AvgIpc) is 3.44. The van der Waals surface area contributed by atoms with Crippen LogP contribution in [0.5, 0.6) is 11.5 Å². The van der Waals surface area contributed by atoms with E-state index in [1.165, 1.54) is 13.0 Å². The van der Waals surface area contributed by atoms with E-state index in [9.17, 15) is 9.18 Å². The molecule has 1 aliphatic rings. The van der Waals surface area contributed by atoms with Gasteiger partial charge >= 0.3 is 0 Å². The number of amides is 1. The maximum Gasteiger partial charge on any atom is 0.222 e. The van der Waals surface area contributed by atoms with Crippen molar-refractivity contribution >= 4 is 34.4 Å². The molecule has 1 saturated heterocycles. The number of nitrogens with one attached hydrogen (secondary N) is 2. The van der Waals surface area contributed by atoms with E-state index in [1.807, 2.05) is 35.9 Å². The monoisotopic (exact) mass is 461 g/mol. The van der Waals surface area contributed by atoms with E-state index in [0.717, 1.165) is 23.1 Å². The number of hydrogen-bond donors (Lipinski definition) is 2. The maximum absolute atomic E-state index is 14.4. The molecule has 34 heavy (non-hydrogen) atoms. The highest BCUT2D eigenvalue weighted by molar-refractivity contribution is 5.87. The molecule has 174 valence electrons. The number of nitrogens with zero attached hydrogens (tertiary/aromatic N) is 3. The highest BCUT2D eigenvalue weighted by atomic mass is 19.1. The summed E-state index contributed by atoms with van der Waals surface area (Å²) in [7, 11) is 1.91. The standard InChI is InChI=1S/C25H24FN5O3/c1-15(32)28-24-13-19(7-9-27-24)34-18-4-6-23-22(12-18)30-25(31(23)2)29-17-3-5-21(26)20(11-17)16-8-10-33-14-16/h3-7,9,11-13,16H,8,10,14H2,1-2H3,(H,29,30)(H,27,28,32). The van der Waals surface area contributed by atoms with E-state index in [4.69, 9.17) is 14.5 Å². The van der Waals surface area contributed by atoms with Gasteiger partial charge in [0.25, 0.3) is 0 Å². The first-order valence-electron chi connectivity index (χ1n) is 11.0. The van der Waals surface area contributed by atoms with E-state index >= 15 is 0 Å². The van der Waals surface area contributed by atoms with Crippen LogP contribution in [0.4, 0.5) is 21.8 Å². The van der Waals surface area contributed by atoms with Gasteiger partial charge in [-0.15, -0.1) is 0 Å². The molecular weight excluding hydrogens is 437 g/mol. The first-order chi connectivity index (χ1) is 16.5. The van der Waals surface area contributed by atoms with Crippen LogP contribution < -0.4 is 15.4 Å². The largest absolute Gasteiger partial charge is 0.457 e. The summed E-state index contributed by atoms with van der Waals surface area (Å²) in [6.07, 6.45) is 2.38. The minimum Gasteiger partial charge on any atom is -0.457 e. The highest BCUT2D eigenvalue weighted by Gasteiger charge is 2.21. The Morgan fingerprint density at radius 3 is 2.82 bits per heavy atom. The Bertz CT molecular complexity index is 1360. The third kappa shape index (κ3) is 4.55. The molecule has 9 heteroatoms. The van der Waals surface area contributed by atoms with Crippen molar-refractivity contribution < 1.29 is 18.7 Å². The van der Waals surface area contributed by atoms with Crippen LogP contribution in [0.3, 0.4) is 0 Å². The first-order valence-corrected chi connectivity index (χ1v) is 11.0. The fraction of sp³-hybridized carbons (Fsp3) is 0.240. The molecule has 2 N–H and O–H groups in total. The Morgan fingerprint density at radius 2 is 2.03 bits per heavy atom. The van der Waals surface area contributed by atoms with Gasteiger partial charge in [0.2, 0.25) is 11.9 Å². The summed E-state index contributed by atoms with van der Waals surface area (Å²) in [4.78, 5) is 20.1. The van der Waals surface area contributed by atoms with Gasteiger partial charge in [0, 0.05) is 50.5 Å². The molecular formula is C25H24FN5O3. The SMILES string of the molecule is CC(=O)Nc1cc(Oc2ccc3c(c2)nc(Nc2ccc(F)c(C4CCOC4)c2)n3C)ccn1. The van der Waals surface area contributed by atoms with Crippen molar-refractivity contribution in [2.24, 2.45) is 7.05 Å². The predicted octanol–water partition coefficient (Wildman–Crippen LogP) is 5.11. The van der Waals surface area contributed by atoms with Crippen LogP contribution in [-0.4, -0.2) is 33.7 Å². The van der Waals surface area contributed by atoms with Crippen molar-refractivity contribution in [1.82, 2.24) is 14.5 Å². The van der Waals surface area contributed by atoms with Crippen LogP contribution in [0.25, 0.3) is 11.0 Å². The fourth-order valence-corrected chi connectivity index (χ4v) is 4.06. The summed E-state index contributed by atoms with van der Waals surface area (Å²) in [5.41, 5.74) is 3.08. The van der Waals surface area contributed by atoms with Crippen LogP contribution in [0.2, 0.25) is 0 Å². The van der Waals surface area contributed by atoms with Gasteiger partial charge in [-0.05, 0) is 48.4 Å². The van der Waals surface area contributed by atoms with Crippen molar-refractivity contribution in [3.63, 3.8) is 0 Å². The number of imidazole rings is 1. The predicted molar refractivity (Wildman–Crippen MR) is 127 cm³/mol. The van der Waals surface area contributed by atoms with Gasteiger partial charge in [0.1, 0.15) is 23.1 Å². The molecule has 5 rings (SSSR count). The normalized spacial score (nSPS) is 15.4. The number of pyridine rings is 1. The van der Waals surface area contributed by atoms with E-state index in [-0.39, 0.29) is 17.6 Å². The van der Waals surface area contributed by atoms with Crippen molar-refractivity contribution in [3.05, 3.63) is 66.1 Å². The minimum absolute atomic E-state index is 0.0706. The van der Waals surface area contributed by atoms with Crippen LogP contribution in [0.1, 0.15) is 24.8 Å². The van der Waals surface area contributed by atoms with Gasteiger partial charge in [-0.1, -0.05) is 0 Å². The Hall–Kier alpha value is -3.98. The molecule has 0 radical (unpaired) electrons. The van der Waals surface area contributed by atoms with Gasteiger partial charge in [0.05, 0.1) is 17.6 Å². The minimum atomic E-state index is -0.217. The summed E-state index contributed by atoms with van der Waals surface area (Å²) in [6.45, 7) is 2.62. The number of aryl methyl sites for hydroxylation is 1. The second-order valence-electron chi connectivity index (χ2n) is 8.23. The Morgan fingerprint density at radius 1 is 1.18 bits per heavy atom. The Kier molecular flexibility index (Phi) is 5.85. The lowest BCUT2D eigenvalue weighted by atomic mass is 9.97. The molecule has 2 aromatic carbocycles. The second-order valence-corrected chi connectivity index (χ2v) is 8.23. The summed E-state index contributed by atoms with van der Waals surface area (Å²) in [6, 6.07) is 14.0. The van der Waals surface area contributed by atoms with Gasteiger partial charge in [0.15, 0.2) is 0 Å². The Labute approximate surface area is 195 Å². The number of carbonyl (C=O) groups excluding carboxylic acids is 1. The third-order valence-electron chi connectivity index (χ3n) is 5.75. The number of halogens is 1. The van der Waals surface area contributed by atoms with E-state index in [0.29, 0.717) is 42.0 Å². The lowest BCUT2D eigenvalue weighted by Gasteiger charge is -2.12. The third-order valence-corrected chi connectivity index (χ3v) is 5.75. The number of benzene rings is 2. The lowest BCUT2D eigenvalue weighted by molar-refractivity contribution is -0.114. The van der Waals surface area contributed by atoms with Crippen LogP contribution in [0, 0.1) is 5.82 Å². The lowest BCUT2D eigenvalue weighted by Crippen LogP contribution is -2.07.